The van der Waals surface area contributed by atoms with Crippen molar-refractivity contribution in [2.45, 2.75) is 44.1 Å². The molecule has 1 saturated heterocycles. The number of hydrogen-bond donors (Lipinski definition) is 2. The summed E-state index contributed by atoms with van der Waals surface area (Å²) in [5.41, 5.74) is 0.596. The SMILES string of the molecule is O=C(NC1CC1)C1CCCN1C(=O)c1cc2ccc(OC(F)(F)F)cc2[nH]1. The molecule has 1 aromatic heterocycles. The van der Waals surface area contributed by atoms with Gasteiger partial charge >= 0.3 is 6.36 Å². The Labute approximate surface area is 152 Å². The van der Waals surface area contributed by atoms with E-state index in [1.54, 1.807) is 6.07 Å². The zero-order chi connectivity index (χ0) is 19.2. The highest BCUT2D eigenvalue weighted by molar-refractivity contribution is 6.00. The summed E-state index contributed by atoms with van der Waals surface area (Å²) in [4.78, 5) is 29.6. The van der Waals surface area contributed by atoms with Crippen molar-refractivity contribution < 1.29 is 27.5 Å². The molecule has 2 aliphatic rings. The van der Waals surface area contributed by atoms with Crippen LogP contribution in [-0.4, -0.2) is 46.7 Å². The second-order valence-corrected chi connectivity index (χ2v) is 6.92. The maximum atomic E-state index is 12.9. The Morgan fingerprint density at radius 3 is 2.67 bits per heavy atom. The topological polar surface area (TPSA) is 74.4 Å². The zero-order valence-electron chi connectivity index (χ0n) is 14.3. The van der Waals surface area contributed by atoms with E-state index in [1.807, 2.05) is 0 Å². The Bertz CT molecular complexity index is 889. The number of carbonyl (C=O) groups excluding carboxylic acids is 2. The molecule has 1 saturated carbocycles. The largest absolute Gasteiger partial charge is 0.573 e. The van der Waals surface area contributed by atoms with Crippen molar-refractivity contribution in [3.8, 4) is 5.75 Å². The van der Waals surface area contributed by atoms with E-state index in [1.165, 1.54) is 23.1 Å². The van der Waals surface area contributed by atoms with Gasteiger partial charge in [0.1, 0.15) is 17.5 Å². The summed E-state index contributed by atoms with van der Waals surface area (Å²) in [7, 11) is 0. The van der Waals surface area contributed by atoms with E-state index >= 15 is 0 Å². The van der Waals surface area contributed by atoms with E-state index < -0.39 is 12.4 Å². The number of benzene rings is 1. The van der Waals surface area contributed by atoms with Crippen LogP contribution in [0.25, 0.3) is 10.9 Å². The van der Waals surface area contributed by atoms with Crippen LogP contribution in [0.5, 0.6) is 5.75 Å². The zero-order valence-corrected chi connectivity index (χ0v) is 14.3. The molecule has 27 heavy (non-hydrogen) atoms. The lowest BCUT2D eigenvalue weighted by Gasteiger charge is -2.23. The summed E-state index contributed by atoms with van der Waals surface area (Å²) in [5.74, 6) is -0.836. The van der Waals surface area contributed by atoms with E-state index in [9.17, 15) is 22.8 Å². The molecular formula is C18H18F3N3O3. The number of aromatic nitrogens is 1. The van der Waals surface area contributed by atoms with Gasteiger partial charge in [-0.1, -0.05) is 0 Å². The minimum absolute atomic E-state index is 0.139. The van der Waals surface area contributed by atoms with Crippen molar-refractivity contribution in [1.82, 2.24) is 15.2 Å². The van der Waals surface area contributed by atoms with Crippen molar-refractivity contribution in [1.29, 1.82) is 0 Å². The molecule has 2 heterocycles. The van der Waals surface area contributed by atoms with E-state index in [0.717, 1.165) is 19.3 Å². The van der Waals surface area contributed by atoms with E-state index in [-0.39, 0.29) is 29.3 Å². The average Bonchev–Trinajstić information content (AvgIpc) is 3.11. The van der Waals surface area contributed by atoms with Gasteiger partial charge in [-0.25, -0.2) is 0 Å². The third-order valence-corrected chi connectivity index (χ3v) is 4.80. The van der Waals surface area contributed by atoms with Gasteiger partial charge in [-0.2, -0.15) is 0 Å². The fraction of sp³-hybridized carbons (Fsp3) is 0.444. The molecule has 0 spiro atoms. The molecule has 1 atom stereocenters. The van der Waals surface area contributed by atoms with E-state index in [2.05, 4.69) is 15.0 Å². The number of alkyl halides is 3. The van der Waals surface area contributed by atoms with Crippen molar-refractivity contribution in [3.63, 3.8) is 0 Å². The summed E-state index contributed by atoms with van der Waals surface area (Å²) in [6.07, 6.45) is -1.50. The first-order chi connectivity index (χ1) is 12.8. The fourth-order valence-electron chi connectivity index (χ4n) is 3.38. The van der Waals surface area contributed by atoms with E-state index in [0.29, 0.717) is 23.9 Å². The molecule has 0 bridgehead atoms. The third kappa shape index (κ3) is 3.86. The maximum absolute atomic E-state index is 12.9. The highest BCUT2D eigenvalue weighted by Gasteiger charge is 2.37. The number of carbonyl (C=O) groups is 2. The summed E-state index contributed by atoms with van der Waals surface area (Å²) in [6, 6.07) is 5.12. The summed E-state index contributed by atoms with van der Waals surface area (Å²) in [6.45, 7) is 0.472. The Morgan fingerprint density at radius 2 is 1.96 bits per heavy atom. The smallest absolute Gasteiger partial charge is 0.406 e. The highest BCUT2D eigenvalue weighted by atomic mass is 19.4. The molecule has 4 rings (SSSR count). The third-order valence-electron chi connectivity index (χ3n) is 4.80. The van der Waals surface area contributed by atoms with Crippen molar-refractivity contribution in [2.24, 2.45) is 0 Å². The number of nitrogens with zero attached hydrogens (tertiary/aromatic N) is 1. The normalized spacial score (nSPS) is 20.1. The molecule has 0 radical (unpaired) electrons. The van der Waals surface area contributed by atoms with Gasteiger partial charge in [0.15, 0.2) is 0 Å². The Morgan fingerprint density at radius 1 is 1.19 bits per heavy atom. The van der Waals surface area contributed by atoms with E-state index in [4.69, 9.17) is 0 Å². The number of likely N-dealkylation sites (tertiary alicyclic amines) is 1. The van der Waals surface area contributed by atoms with Crippen LogP contribution in [0.3, 0.4) is 0 Å². The molecule has 144 valence electrons. The summed E-state index contributed by atoms with van der Waals surface area (Å²) in [5, 5.41) is 3.51. The first kappa shape index (κ1) is 17.7. The van der Waals surface area contributed by atoms with Gasteiger partial charge in [0, 0.05) is 29.6 Å². The van der Waals surface area contributed by atoms with Crippen LogP contribution in [0.4, 0.5) is 13.2 Å². The number of fused-ring (bicyclic) bond motifs is 1. The summed E-state index contributed by atoms with van der Waals surface area (Å²) >= 11 is 0. The predicted octanol–water partition coefficient (Wildman–Crippen LogP) is 2.95. The first-order valence-electron chi connectivity index (χ1n) is 8.80. The molecule has 2 amide bonds. The van der Waals surface area contributed by atoms with Crippen molar-refractivity contribution >= 4 is 22.7 Å². The van der Waals surface area contributed by atoms with Crippen LogP contribution < -0.4 is 10.1 Å². The van der Waals surface area contributed by atoms with Crippen molar-refractivity contribution in [2.75, 3.05) is 6.54 Å². The number of amides is 2. The summed E-state index contributed by atoms with van der Waals surface area (Å²) < 4.78 is 41.0. The minimum Gasteiger partial charge on any atom is -0.406 e. The van der Waals surface area contributed by atoms with Crippen LogP contribution in [0, 0.1) is 0 Å². The first-order valence-corrected chi connectivity index (χ1v) is 8.80. The van der Waals surface area contributed by atoms with Crippen LogP contribution in [-0.2, 0) is 4.79 Å². The number of hydrogen-bond acceptors (Lipinski definition) is 3. The van der Waals surface area contributed by atoms with Gasteiger partial charge < -0.3 is 19.9 Å². The molecule has 2 aromatic rings. The molecule has 1 aliphatic carbocycles. The Kier molecular flexibility index (Phi) is 4.24. The van der Waals surface area contributed by atoms with Crippen molar-refractivity contribution in [3.05, 3.63) is 30.0 Å². The number of aromatic amines is 1. The van der Waals surface area contributed by atoms with Crippen LogP contribution in [0.2, 0.25) is 0 Å². The van der Waals surface area contributed by atoms with Gasteiger partial charge in [-0.15, -0.1) is 13.2 Å². The van der Waals surface area contributed by atoms with Gasteiger partial charge in [0.2, 0.25) is 5.91 Å². The predicted molar refractivity (Wildman–Crippen MR) is 90.2 cm³/mol. The Balaban J connectivity index is 1.53. The number of rotatable bonds is 4. The number of halogens is 3. The van der Waals surface area contributed by atoms with Crippen LogP contribution in [0.15, 0.2) is 24.3 Å². The lowest BCUT2D eigenvalue weighted by molar-refractivity contribution is -0.274. The monoisotopic (exact) mass is 381 g/mol. The second-order valence-electron chi connectivity index (χ2n) is 6.92. The van der Waals surface area contributed by atoms with Crippen LogP contribution >= 0.6 is 0 Å². The lowest BCUT2D eigenvalue weighted by atomic mass is 10.2. The molecule has 6 nitrogen and oxygen atoms in total. The fourth-order valence-corrected chi connectivity index (χ4v) is 3.38. The van der Waals surface area contributed by atoms with Gasteiger partial charge in [0.25, 0.3) is 5.91 Å². The number of nitrogens with one attached hydrogen (secondary N) is 2. The number of H-pyrrole nitrogens is 1. The Hall–Kier alpha value is -2.71. The molecule has 2 fully saturated rings. The molecular weight excluding hydrogens is 363 g/mol. The van der Waals surface area contributed by atoms with Gasteiger partial charge in [-0.3, -0.25) is 9.59 Å². The average molecular weight is 381 g/mol. The lowest BCUT2D eigenvalue weighted by Crippen LogP contribution is -2.46. The quantitative estimate of drug-likeness (QED) is 0.855. The maximum Gasteiger partial charge on any atom is 0.573 e. The van der Waals surface area contributed by atoms with Gasteiger partial charge in [0.05, 0.1) is 0 Å². The highest BCUT2D eigenvalue weighted by Crippen LogP contribution is 2.28. The molecule has 9 heteroatoms. The second kappa shape index (κ2) is 6.47. The minimum atomic E-state index is -4.78. The molecule has 1 aromatic carbocycles. The number of ether oxygens (including phenoxy) is 1. The molecule has 2 N–H and O–H groups in total. The molecule has 1 unspecified atom stereocenters. The molecule has 1 aliphatic heterocycles. The van der Waals surface area contributed by atoms with Crippen LogP contribution in [0.1, 0.15) is 36.2 Å². The van der Waals surface area contributed by atoms with Gasteiger partial charge in [-0.05, 0) is 43.9 Å². The standard InChI is InChI=1S/C18H18F3N3O3/c19-18(20,21)27-12-6-3-10-8-14(23-13(10)9-12)17(26)24-7-1-2-15(24)16(25)22-11-4-5-11/h3,6,8-9,11,15,23H,1-2,4-5,7H2,(H,22,25).